The van der Waals surface area contributed by atoms with E-state index in [0.717, 1.165) is 0 Å². The molecule has 1 aromatic carbocycles. The zero-order valence-corrected chi connectivity index (χ0v) is 18.4. The molecule has 180 valence electrons. The molecular formula is C24H21FN4O6. The summed E-state index contributed by atoms with van der Waals surface area (Å²) in [4.78, 5) is 33.4. The predicted octanol–water partition coefficient (Wildman–Crippen LogP) is 2.39. The summed E-state index contributed by atoms with van der Waals surface area (Å²) in [7, 11) is 0. The van der Waals surface area contributed by atoms with Gasteiger partial charge in [-0.2, -0.15) is 4.73 Å². The van der Waals surface area contributed by atoms with Gasteiger partial charge < -0.3 is 19.8 Å². The van der Waals surface area contributed by atoms with Crippen LogP contribution in [0.3, 0.4) is 0 Å². The largest absolute Gasteiger partial charge is 0.619 e. The first kappa shape index (κ1) is 22.7. The number of alkyl halides is 1. The topological polar surface area (TPSA) is 138 Å². The molecule has 0 bridgehead atoms. The lowest BCUT2D eigenvalue weighted by Crippen LogP contribution is -2.49. The van der Waals surface area contributed by atoms with Crippen LogP contribution >= 0.6 is 0 Å². The van der Waals surface area contributed by atoms with E-state index in [2.05, 4.69) is 15.3 Å². The Morgan fingerprint density at radius 2 is 1.94 bits per heavy atom. The summed E-state index contributed by atoms with van der Waals surface area (Å²) in [6.45, 7) is -0.942. The van der Waals surface area contributed by atoms with E-state index in [9.17, 15) is 24.3 Å². The van der Waals surface area contributed by atoms with Gasteiger partial charge in [-0.15, -0.1) is 0 Å². The van der Waals surface area contributed by atoms with Crippen LogP contribution in [-0.2, 0) is 15.1 Å². The Morgan fingerprint density at radius 1 is 1.20 bits per heavy atom. The Hall–Kier alpha value is -4.12. The van der Waals surface area contributed by atoms with Crippen molar-refractivity contribution in [3.05, 3.63) is 71.5 Å². The molecule has 1 aliphatic carbocycles. The van der Waals surface area contributed by atoms with Gasteiger partial charge in [0.15, 0.2) is 12.4 Å². The zero-order valence-electron chi connectivity index (χ0n) is 18.4. The molecule has 1 aliphatic heterocycles. The quantitative estimate of drug-likeness (QED) is 0.323. The number of aliphatic hydroxyl groups is 1. The molecule has 3 aromatic rings. The molecule has 2 N–H and O–H groups in total. The molecule has 2 aromatic heterocycles. The summed E-state index contributed by atoms with van der Waals surface area (Å²) in [6, 6.07) is 8.16. The second-order valence-electron chi connectivity index (χ2n) is 8.58. The number of carbonyl (C=O) groups excluding carboxylic acids is 2. The number of amides is 1. The molecular weight excluding hydrogens is 459 g/mol. The second-order valence-corrected chi connectivity index (χ2v) is 8.58. The van der Waals surface area contributed by atoms with Crippen LogP contribution in [0.25, 0.3) is 11.1 Å². The highest BCUT2D eigenvalue weighted by Gasteiger charge is 2.54. The smallest absolute Gasteiger partial charge is 0.339 e. The summed E-state index contributed by atoms with van der Waals surface area (Å²) in [5.41, 5.74) is -0.628. The number of rotatable bonds is 5. The molecule has 1 amide bonds. The van der Waals surface area contributed by atoms with Crippen molar-refractivity contribution in [2.45, 2.75) is 36.9 Å². The first-order valence-corrected chi connectivity index (χ1v) is 10.9. The fourth-order valence-electron chi connectivity index (χ4n) is 4.56. The molecule has 5 rings (SSSR count). The van der Waals surface area contributed by atoms with Gasteiger partial charge in [-0.3, -0.25) is 10.1 Å². The van der Waals surface area contributed by atoms with E-state index in [1.807, 2.05) is 0 Å². The monoisotopic (exact) mass is 480 g/mol. The maximum Gasteiger partial charge on any atom is 0.339 e. The lowest BCUT2D eigenvalue weighted by atomic mass is 9.73. The molecule has 11 heteroatoms. The molecule has 3 heterocycles. The number of pyridine rings is 1. The van der Waals surface area contributed by atoms with Crippen molar-refractivity contribution in [3.63, 3.8) is 0 Å². The maximum absolute atomic E-state index is 12.9. The van der Waals surface area contributed by atoms with Gasteiger partial charge in [0.2, 0.25) is 12.8 Å². The van der Waals surface area contributed by atoms with Crippen molar-refractivity contribution in [2.75, 3.05) is 12.2 Å². The van der Waals surface area contributed by atoms with Crippen LogP contribution in [0.15, 0.2) is 55.1 Å². The molecule has 0 atom stereocenters. The number of fused-ring (bicyclic) bond motifs is 2. The third-order valence-electron chi connectivity index (χ3n) is 6.51. The normalized spacial score (nSPS) is 23.0. The van der Waals surface area contributed by atoms with Crippen LogP contribution < -0.4 is 14.8 Å². The fraction of sp³-hybridized carbons (Fsp3) is 0.292. The number of carbonyl (C=O) groups is 2. The number of esters is 1. The molecule has 0 radical (unpaired) electrons. The van der Waals surface area contributed by atoms with Crippen LogP contribution in [0.1, 0.15) is 41.6 Å². The van der Waals surface area contributed by atoms with Crippen molar-refractivity contribution in [2.24, 2.45) is 0 Å². The number of nitrogens with one attached hydrogen (secondary N) is 1. The number of hydrogen-bond acceptors (Lipinski definition) is 8. The Morgan fingerprint density at radius 3 is 2.66 bits per heavy atom. The van der Waals surface area contributed by atoms with E-state index in [-0.39, 0.29) is 31.6 Å². The first-order valence-electron chi connectivity index (χ1n) is 10.9. The van der Waals surface area contributed by atoms with E-state index in [1.54, 1.807) is 24.3 Å². The molecule has 10 nitrogen and oxygen atoms in total. The summed E-state index contributed by atoms with van der Waals surface area (Å²) in [5.74, 6) is -0.824. The number of aromatic nitrogens is 3. The van der Waals surface area contributed by atoms with Crippen LogP contribution in [0.4, 0.5) is 10.3 Å². The number of nitrogens with zero attached hydrogens (tertiary/aromatic N) is 3. The van der Waals surface area contributed by atoms with Gasteiger partial charge in [-0.25, -0.2) is 19.2 Å². The van der Waals surface area contributed by atoms with Crippen molar-refractivity contribution in [1.82, 2.24) is 9.97 Å². The molecule has 1 fully saturated rings. The van der Waals surface area contributed by atoms with Gasteiger partial charge in [-0.1, -0.05) is 12.1 Å². The predicted molar refractivity (Wildman–Crippen MR) is 119 cm³/mol. The summed E-state index contributed by atoms with van der Waals surface area (Å²) < 4.78 is 23.5. The molecule has 0 unspecified atom stereocenters. The minimum Gasteiger partial charge on any atom is -0.619 e. The zero-order chi connectivity index (χ0) is 24.6. The standard InChI is InChI=1S/C24H21FN4O6/c25-14-34-17-3-1-2-15(10-17)16-11-26-22(27-12-16)28-21(31)23(32)5-7-24(8-6-23)19-13-29(33)9-4-18(19)20(30)35-24/h1-4,9-13,32H,5-8,14H2,(H,26,27,28,31)/t23-,24+. The molecule has 1 spiro atoms. The van der Waals surface area contributed by atoms with Crippen LogP contribution in [0, 0.1) is 5.21 Å². The summed E-state index contributed by atoms with van der Waals surface area (Å²) in [5, 5.41) is 25.3. The number of anilines is 1. The van der Waals surface area contributed by atoms with E-state index in [1.165, 1.54) is 30.9 Å². The average molecular weight is 480 g/mol. The third kappa shape index (κ3) is 4.14. The van der Waals surface area contributed by atoms with Crippen LogP contribution in [0.2, 0.25) is 0 Å². The van der Waals surface area contributed by atoms with Crippen molar-refractivity contribution < 1.29 is 33.3 Å². The fourth-order valence-corrected chi connectivity index (χ4v) is 4.56. The van der Waals surface area contributed by atoms with E-state index >= 15 is 0 Å². The number of ether oxygens (including phenoxy) is 2. The van der Waals surface area contributed by atoms with Gasteiger partial charge in [0, 0.05) is 24.0 Å². The molecule has 0 saturated heterocycles. The van der Waals surface area contributed by atoms with Crippen LogP contribution in [-0.4, -0.2) is 39.4 Å². The Balaban J connectivity index is 1.26. The molecule has 2 aliphatic rings. The minimum absolute atomic E-state index is 0.00802. The van der Waals surface area contributed by atoms with E-state index in [0.29, 0.717) is 32.7 Å². The minimum atomic E-state index is -1.72. The van der Waals surface area contributed by atoms with Crippen LogP contribution in [0.5, 0.6) is 5.75 Å². The third-order valence-corrected chi connectivity index (χ3v) is 6.51. The van der Waals surface area contributed by atoms with Gasteiger partial charge in [-0.05, 0) is 43.4 Å². The first-order chi connectivity index (χ1) is 16.8. The Labute approximate surface area is 198 Å². The number of benzene rings is 1. The number of hydrogen-bond donors (Lipinski definition) is 2. The van der Waals surface area contributed by atoms with Gasteiger partial charge in [0.05, 0.1) is 11.1 Å². The van der Waals surface area contributed by atoms with E-state index < -0.39 is 29.9 Å². The highest BCUT2D eigenvalue weighted by atomic mass is 19.1. The Kier molecular flexibility index (Phi) is 5.56. The van der Waals surface area contributed by atoms with Crippen molar-refractivity contribution in [3.8, 4) is 16.9 Å². The van der Waals surface area contributed by atoms with Gasteiger partial charge in [0.25, 0.3) is 5.91 Å². The highest BCUT2D eigenvalue weighted by molar-refractivity contribution is 5.96. The summed E-state index contributed by atoms with van der Waals surface area (Å²) in [6.07, 6.45) is 5.89. The van der Waals surface area contributed by atoms with Crippen molar-refractivity contribution >= 4 is 17.8 Å². The van der Waals surface area contributed by atoms with Gasteiger partial charge in [0.1, 0.15) is 17.0 Å². The lowest BCUT2D eigenvalue weighted by molar-refractivity contribution is -0.606. The van der Waals surface area contributed by atoms with E-state index in [4.69, 9.17) is 9.47 Å². The van der Waals surface area contributed by atoms with Crippen molar-refractivity contribution in [1.29, 1.82) is 0 Å². The molecule has 35 heavy (non-hydrogen) atoms. The highest BCUT2D eigenvalue weighted by Crippen LogP contribution is 2.48. The molecule has 1 saturated carbocycles. The maximum atomic E-state index is 12.9. The van der Waals surface area contributed by atoms with Gasteiger partial charge >= 0.3 is 5.97 Å². The SMILES string of the molecule is O=C1O[C@]2(CC[C@](O)(C(=O)Nc3ncc(-c4cccc(OCF)c4)cn3)CC2)c2c[n+]([O-])ccc21. The average Bonchev–Trinajstić information content (AvgIpc) is 3.12. The number of halogens is 1. The summed E-state index contributed by atoms with van der Waals surface area (Å²) >= 11 is 0. The Bertz CT molecular complexity index is 1290. The second kappa shape index (κ2) is 8.58. The lowest BCUT2D eigenvalue weighted by Gasteiger charge is -2.39.